The first kappa shape index (κ1) is 11.4. The van der Waals surface area contributed by atoms with Gasteiger partial charge in [0, 0.05) is 19.6 Å². The Balaban J connectivity index is 2.16. The first-order valence-corrected chi connectivity index (χ1v) is 5.86. The van der Waals surface area contributed by atoms with Gasteiger partial charge in [0.05, 0.1) is 5.69 Å². The van der Waals surface area contributed by atoms with E-state index in [-0.39, 0.29) is 5.82 Å². The standard InChI is InChI=1S/C13H19FN2/c1-11-4-5-13(12(14)10-11)16-7-3-6-15(2)8-9-16/h4-5,10H,3,6-9H2,1-2H3. The van der Waals surface area contributed by atoms with Crippen molar-refractivity contribution in [3.05, 3.63) is 29.6 Å². The van der Waals surface area contributed by atoms with Crippen molar-refractivity contribution in [1.82, 2.24) is 4.90 Å². The third kappa shape index (κ3) is 2.53. The molecule has 1 saturated heterocycles. The number of benzene rings is 1. The predicted molar refractivity (Wildman–Crippen MR) is 65.5 cm³/mol. The van der Waals surface area contributed by atoms with Gasteiger partial charge in [-0.3, -0.25) is 0 Å². The molecule has 16 heavy (non-hydrogen) atoms. The SMILES string of the molecule is Cc1ccc(N2CCCN(C)CC2)c(F)c1. The summed E-state index contributed by atoms with van der Waals surface area (Å²) in [5, 5.41) is 0. The summed E-state index contributed by atoms with van der Waals surface area (Å²) in [5.41, 5.74) is 1.73. The van der Waals surface area contributed by atoms with E-state index in [0.29, 0.717) is 0 Å². The van der Waals surface area contributed by atoms with E-state index >= 15 is 0 Å². The van der Waals surface area contributed by atoms with Gasteiger partial charge in [-0.2, -0.15) is 0 Å². The van der Waals surface area contributed by atoms with Crippen LogP contribution in [0.4, 0.5) is 10.1 Å². The Bertz CT molecular complexity index is 365. The molecule has 0 bridgehead atoms. The van der Waals surface area contributed by atoms with E-state index < -0.39 is 0 Å². The van der Waals surface area contributed by atoms with E-state index in [0.717, 1.165) is 43.9 Å². The average Bonchev–Trinajstić information content (AvgIpc) is 2.43. The molecule has 2 rings (SSSR count). The molecule has 0 radical (unpaired) electrons. The number of rotatable bonds is 1. The van der Waals surface area contributed by atoms with Crippen molar-refractivity contribution in [3.8, 4) is 0 Å². The maximum Gasteiger partial charge on any atom is 0.146 e. The highest BCUT2D eigenvalue weighted by atomic mass is 19.1. The van der Waals surface area contributed by atoms with Gasteiger partial charge in [-0.05, 0) is 44.6 Å². The molecule has 0 spiro atoms. The van der Waals surface area contributed by atoms with Crippen LogP contribution >= 0.6 is 0 Å². The van der Waals surface area contributed by atoms with Gasteiger partial charge in [0.1, 0.15) is 5.82 Å². The molecule has 0 amide bonds. The van der Waals surface area contributed by atoms with Crippen LogP contribution in [0.15, 0.2) is 18.2 Å². The molecular weight excluding hydrogens is 203 g/mol. The van der Waals surface area contributed by atoms with Gasteiger partial charge in [-0.25, -0.2) is 4.39 Å². The molecule has 1 aliphatic heterocycles. The minimum absolute atomic E-state index is 0.0930. The smallest absolute Gasteiger partial charge is 0.146 e. The number of hydrogen-bond acceptors (Lipinski definition) is 2. The highest BCUT2D eigenvalue weighted by Crippen LogP contribution is 2.21. The number of likely N-dealkylation sites (N-methyl/N-ethyl adjacent to an activating group) is 1. The Kier molecular flexibility index (Phi) is 3.44. The normalized spacial score (nSPS) is 18.6. The third-order valence-electron chi connectivity index (χ3n) is 3.16. The largest absolute Gasteiger partial charge is 0.368 e. The molecule has 1 aliphatic rings. The van der Waals surface area contributed by atoms with E-state index in [1.165, 1.54) is 0 Å². The number of hydrogen-bond donors (Lipinski definition) is 0. The van der Waals surface area contributed by atoms with Gasteiger partial charge in [-0.1, -0.05) is 6.07 Å². The van der Waals surface area contributed by atoms with Gasteiger partial charge >= 0.3 is 0 Å². The zero-order chi connectivity index (χ0) is 11.5. The topological polar surface area (TPSA) is 6.48 Å². The lowest BCUT2D eigenvalue weighted by Crippen LogP contribution is -2.29. The zero-order valence-electron chi connectivity index (χ0n) is 10.0. The average molecular weight is 222 g/mol. The molecule has 0 aliphatic carbocycles. The number of anilines is 1. The lowest BCUT2D eigenvalue weighted by atomic mass is 10.2. The molecule has 1 heterocycles. The van der Waals surface area contributed by atoms with Crippen molar-refractivity contribution < 1.29 is 4.39 Å². The summed E-state index contributed by atoms with van der Waals surface area (Å²) in [7, 11) is 2.12. The second-order valence-electron chi connectivity index (χ2n) is 4.60. The van der Waals surface area contributed by atoms with Gasteiger partial charge in [0.15, 0.2) is 0 Å². The highest BCUT2D eigenvalue weighted by molar-refractivity contribution is 5.49. The highest BCUT2D eigenvalue weighted by Gasteiger charge is 2.15. The molecule has 0 aromatic heterocycles. The molecule has 0 atom stereocenters. The molecule has 2 nitrogen and oxygen atoms in total. The predicted octanol–water partition coefficient (Wildman–Crippen LogP) is 2.28. The fourth-order valence-electron chi connectivity index (χ4n) is 2.16. The maximum absolute atomic E-state index is 13.8. The van der Waals surface area contributed by atoms with Crippen molar-refractivity contribution in [2.45, 2.75) is 13.3 Å². The summed E-state index contributed by atoms with van der Waals surface area (Å²) in [6.45, 7) is 5.89. The van der Waals surface area contributed by atoms with E-state index in [1.807, 2.05) is 19.1 Å². The van der Waals surface area contributed by atoms with Crippen molar-refractivity contribution in [3.63, 3.8) is 0 Å². The maximum atomic E-state index is 13.8. The summed E-state index contributed by atoms with van der Waals surface area (Å²) >= 11 is 0. The monoisotopic (exact) mass is 222 g/mol. The fraction of sp³-hybridized carbons (Fsp3) is 0.538. The molecule has 1 fully saturated rings. The molecular formula is C13H19FN2. The third-order valence-corrected chi connectivity index (χ3v) is 3.16. The Morgan fingerprint density at radius 2 is 1.94 bits per heavy atom. The van der Waals surface area contributed by atoms with Crippen LogP contribution in [0.1, 0.15) is 12.0 Å². The van der Waals surface area contributed by atoms with Crippen molar-refractivity contribution >= 4 is 5.69 Å². The molecule has 88 valence electrons. The van der Waals surface area contributed by atoms with Crippen molar-refractivity contribution in [2.24, 2.45) is 0 Å². The zero-order valence-corrected chi connectivity index (χ0v) is 10.0. The van der Waals surface area contributed by atoms with E-state index in [4.69, 9.17) is 0 Å². The van der Waals surface area contributed by atoms with Crippen LogP contribution in [0.5, 0.6) is 0 Å². The van der Waals surface area contributed by atoms with Gasteiger partial charge in [0.2, 0.25) is 0 Å². The van der Waals surface area contributed by atoms with E-state index in [9.17, 15) is 4.39 Å². The van der Waals surface area contributed by atoms with Crippen LogP contribution < -0.4 is 4.90 Å². The molecule has 1 aromatic rings. The van der Waals surface area contributed by atoms with Crippen LogP contribution in [0.3, 0.4) is 0 Å². The quantitative estimate of drug-likeness (QED) is 0.719. The molecule has 0 saturated carbocycles. The van der Waals surface area contributed by atoms with Crippen LogP contribution in [0, 0.1) is 12.7 Å². The van der Waals surface area contributed by atoms with Crippen LogP contribution in [0.2, 0.25) is 0 Å². The Morgan fingerprint density at radius 3 is 2.69 bits per heavy atom. The lowest BCUT2D eigenvalue weighted by Gasteiger charge is -2.23. The summed E-state index contributed by atoms with van der Waals surface area (Å²) in [6, 6.07) is 5.49. The molecule has 1 aromatic carbocycles. The van der Waals surface area contributed by atoms with Crippen LogP contribution in [-0.2, 0) is 0 Å². The van der Waals surface area contributed by atoms with Gasteiger partial charge in [0.25, 0.3) is 0 Å². The second kappa shape index (κ2) is 4.83. The Hall–Kier alpha value is -1.09. The van der Waals surface area contributed by atoms with Crippen LogP contribution in [0.25, 0.3) is 0 Å². The first-order chi connectivity index (χ1) is 7.66. The van der Waals surface area contributed by atoms with Crippen LogP contribution in [-0.4, -0.2) is 38.1 Å². The summed E-state index contributed by atoms with van der Waals surface area (Å²) in [6.07, 6.45) is 1.10. The van der Waals surface area contributed by atoms with Crippen molar-refractivity contribution in [1.29, 1.82) is 0 Å². The minimum atomic E-state index is -0.0930. The number of aryl methyl sites for hydroxylation is 1. The number of halogens is 1. The Labute approximate surface area is 96.7 Å². The molecule has 0 unspecified atom stereocenters. The van der Waals surface area contributed by atoms with Gasteiger partial charge in [-0.15, -0.1) is 0 Å². The second-order valence-corrected chi connectivity index (χ2v) is 4.60. The van der Waals surface area contributed by atoms with Crippen molar-refractivity contribution in [2.75, 3.05) is 38.1 Å². The Morgan fingerprint density at radius 1 is 1.12 bits per heavy atom. The van der Waals surface area contributed by atoms with E-state index in [1.54, 1.807) is 6.07 Å². The fourth-order valence-corrected chi connectivity index (χ4v) is 2.16. The summed E-state index contributed by atoms with van der Waals surface area (Å²) in [4.78, 5) is 4.45. The summed E-state index contributed by atoms with van der Waals surface area (Å²) in [5.74, 6) is -0.0930. The summed E-state index contributed by atoms with van der Waals surface area (Å²) < 4.78 is 13.8. The first-order valence-electron chi connectivity index (χ1n) is 5.86. The van der Waals surface area contributed by atoms with Gasteiger partial charge < -0.3 is 9.80 Å². The number of nitrogens with zero attached hydrogens (tertiary/aromatic N) is 2. The minimum Gasteiger partial charge on any atom is -0.368 e. The lowest BCUT2D eigenvalue weighted by molar-refractivity contribution is 0.360. The van der Waals surface area contributed by atoms with E-state index in [2.05, 4.69) is 16.8 Å². The molecule has 0 N–H and O–H groups in total. The molecule has 3 heteroatoms.